The molecule has 0 fully saturated rings. The maximum atomic E-state index is 12.7. The lowest BCUT2D eigenvalue weighted by atomic mass is 9.69. The summed E-state index contributed by atoms with van der Waals surface area (Å²) in [7, 11) is 0. The van der Waals surface area contributed by atoms with E-state index in [9.17, 15) is 9.59 Å². The van der Waals surface area contributed by atoms with Crippen LogP contribution in [0.4, 0.5) is 0 Å². The van der Waals surface area contributed by atoms with E-state index in [1.54, 1.807) is 24.5 Å². The molecule has 1 aromatic heterocycles. The normalized spacial score (nSPS) is 18.8. The summed E-state index contributed by atoms with van der Waals surface area (Å²) in [5.74, 6) is -0.871. The average Bonchev–Trinajstić information content (AvgIpc) is 2.74. The Kier molecular flexibility index (Phi) is 4.51. The number of amides is 2. The quantitative estimate of drug-likeness (QED) is 0.721. The number of carbonyl (C=O) groups is 2. The van der Waals surface area contributed by atoms with Gasteiger partial charge in [-0.05, 0) is 65.3 Å². The zero-order valence-corrected chi connectivity index (χ0v) is 16.1. The molecule has 0 aliphatic heterocycles. The Bertz CT molecular complexity index is 1190. The monoisotopic (exact) mass is 383 g/mol. The highest BCUT2D eigenvalue weighted by Crippen LogP contribution is 2.42. The van der Waals surface area contributed by atoms with Gasteiger partial charge in [0, 0.05) is 23.3 Å². The van der Waals surface area contributed by atoms with Gasteiger partial charge in [-0.1, -0.05) is 36.4 Å². The molecule has 4 N–H and O–H groups in total. The molecule has 0 saturated heterocycles. The van der Waals surface area contributed by atoms with Gasteiger partial charge in [-0.15, -0.1) is 0 Å². The number of nitrogens with zero attached hydrogens (tertiary/aromatic N) is 1. The summed E-state index contributed by atoms with van der Waals surface area (Å²) in [6, 6.07) is 14.9. The fourth-order valence-corrected chi connectivity index (χ4v) is 3.88. The molecule has 1 aliphatic rings. The number of rotatable bonds is 4. The van der Waals surface area contributed by atoms with Crippen LogP contribution in [0.3, 0.4) is 0 Å². The molecule has 0 spiro atoms. The van der Waals surface area contributed by atoms with E-state index in [1.165, 1.54) is 0 Å². The fourth-order valence-electron chi connectivity index (χ4n) is 3.88. The molecular weight excluding hydrogens is 362 g/mol. The third kappa shape index (κ3) is 3.21. The molecule has 5 nitrogen and oxygen atoms in total. The van der Waals surface area contributed by atoms with Crippen molar-refractivity contribution in [2.24, 2.45) is 11.5 Å². The molecule has 3 aromatic rings. The number of aromatic nitrogens is 1. The van der Waals surface area contributed by atoms with Crippen LogP contribution >= 0.6 is 0 Å². The molecule has 1 heterocycles. The molecule has 144 valence electrons. The lowest BCUT2D eigenvalue weighted by molar-refractivity contribution is -0.121. The van der Waals surface area contributed by atoms with Crippen LogP contribution in [-0.2, 0) is 10.2 Å². The molecule has 5 heteroatoms. The second-order valence-corrected chi connectivity index (χ2v) is 7.39. The van der Waals surface area contributed by atoms with E-state index in [4.69, 9.17) is 11.5 Å². The Labute approximate surface area is 168 Å². The van der Waals surface area contributed by atoms with Gasteiger partial charge in [0.15, 0.2) is 0 Å². The van der Waals surface area contributed by atoms with Crippen LogP contribution in [0, 0.1) is 0 Å². The molecule has 2 aromatic carbocycles. The summed E-state index contributed by atoms with van der Waals surface area (Å²) in [4.78, 5) is 28.2. The number of benzene rings is 2. The topological polar surface area (TPSA) is 99.1 Å². The minimum absolute atomic E-state index is 0.402. The van der Waals surface area contributed by atoms with Crippen molar-refractivity contribution < 1.29 is 9.59 Å². The fraction of sp³-hybridized carbons (Fsp3) is 0.125. The van der Waals surface area contributed by atoms with E-state index in [2.05, 4.69) is 4.98 Å². The van der Waals surface area contributed by atoms with Gasteiger partial charge < -0.3 is 11.5 Å². The Balaban J connectivity index is 1.80. The standard InChI is InChI=1S/C24H21N3O2/c1-15-8-10-24(23(26)29,20-7-6-19-14-27-11-9-18(19)12-20)13-21(15)16-2-4-17(5-3-16)22(25)28/h2-12,14H,13H2,1H3,(H2,25,28)(H2,26,29). The summed E-state index contributed by atoms with van der Waals surface area (Å²) in [6.45, 7) is 2.00. The van der Waals surface area contributed by atoms with E-state index in [1.807, 2.05) is 55.5 Å². The van der Waals surface area contributed by atoms with Gasteiger partial charge in [0.05, 0.1) is 5.41 Å². The molecule has 0 bridgehead atoms. The van der Waals surface area contributed by atoms with E-state index in [0.717, 1.165) is 33.0 Å². The van der Waals surface area contributed by atoms with Gasteiger partial charge in [-0.3, -0.25) is 14.6 Å². The third-order valence-electron chi connectivity index (χ3n) is 5.66. The first-order chi connectivity index (χ1) is 13.9. The number of primary amides is 2. The summed E-state index contributed by atoms with van der Waals surface area (Å²) in [6.07, 6.45) is 7.81. The number of hydrogen-bond acceptors (Lipinski definition) is 3. The first kappa shape index (κ1) is 18.6. The number of nitrogens with two attached hydrogens (primary N) is 2. The van der Waals surface area contributed by atoms with Crippen molar-refractivity contribution in [3.8, 4) is 0 Å². The van der Waals surface area contributed by atoms with Gasteiger partial charge >= 0.3 is 0 Å². The van der Waals surface area contributed by atoms with Gasteiger partial charge in [0.1, 0.15) is 0 Å². The number of pyridine rings is 1. The van der Waals surface area contributed by atoms with Crippen molar-refractivity contribution >= 4 is 28.2 Å². The summed E-state index contributed by atoms with van der Waals surface area (Å²) >= 11 is 0. The van der Waals surface area contributed by atoms with Crippen LogP contribution in [0.15, 0.2) is 78.6 Å². The van der Waals surface area contributed by atoms with Crippen molar-refractivity contribution in [1.29, 1.82) is 0 Å². The predicted octanol–water partition coefficient (Wildman–Crippen LogP) is 3.49. The van der Waals surface area contributed by atoms with Gasteiger partial charge in [-0.25, -0.2) is 0 Å². The lowest BCUT2D eigenvalue weighted by Crippen LogP contribution is -2.41. The maximum absolute atomic E-state index is 12.7. The van der Waals surface area contributed by atoms with Crippen molar-refractivity contribution in [3.05, 3.63) is 95.3 Å². The predicted molar refractivity (Wildman–Crippen MR) is 114 cm³/mol. The molecular formula is C24H21N3O2. The van der Waals surface area contributed by atoms with Crippen molar-refractivity contribution in [2.75, 3.05) is 0 Å². The Morgan fingerprint density at radius 1 is 1.00 bits per heavy atom. The minimum Gasteiger partial charge on any atom is -0.369 e. The first-order valence-electron chi connectivity index (χ1n) is 9.34. The number of carbonyl (C=O) groups excluding carboxylic acids is 2. The Morgan fingerprint density at radius 2 is 1.76 bits per heavy atom. The summed E-state index contributed by atoms with van der Waals surface area (Å²) in [5.41, 5.74) is 14.6. The van der Waals surface area contributed by atoms with E-state index >= 15 is 0 Å². The zero-order valence-electron chi connectivity index (χ0n) is 16.1. The SMILES string of the molecule is CC1=C(c2ccc(C(N)=O)cc2)CC(C(N)=O)(c2ccc3cnccc3c2)C=C1. The number of fused-ring (bicyclic) bond motifs is 1. The smallest absolute Gasteiger partial charge is 0.248 e. The molecule has 0 saturated carbocycles. The van der Waals surface area contributed by atoms with Crippen LogP contribution in [0.5, 0.6) is 0 Å². The molecule has 0 radical (unpaired) electrons. The second kappa shape index (κ2) is 7.02. The Hall–Kier alpha value is -3.73. The summed E-state index contributed by atoms with van der Waals surface area (Å²) < 4.78 is 0. The second-order valence-electron chi connectivity index (χ2n) is 7.39. The van der Waals surface area contributed by atoms with Gasteiger partial charge in [-0.2, -0.15) is 0 Å². The van der Waals surface area contributed by atoms with E-state index in [0.29, 0.717) is 12.0 Å². The average molecular weight is 383 g/mol. The molecule has 1 unspecified atom stereocenters. The van der Waals surface area contributed by atoms with Crippen molar-refractivity contribution in [2.45, 2.75) is 18.8 Å². The van der Waals surface area contributed by atoms with Crippen LogP contribution in [0.2, 0.25) is 0 Å². The largest absolute Gasteiger partial charge is 0.369 e. The maximum Gasteiger partial charge on any atom is 0.248 e. The summed E-state index contributed by atoms with van der Waals surface area (Å²) in [5, 5.41) is 2.01. The van der Waals surface area contributed by atoms with Crippen molar-refractivity contribution in [1.82, 2.24) is 4.98 Å². The first-order valence-corrected chi connectivity index (χ1v) is 9.34. The van der Waals surface area contributed by atoms with Crippen LogP contribution < -0.4 is 11.5 Å². The number of hydrogen-bond donors (Lipinski definition) is 2. The molecule has 2 amide bonds. The van der Waals surface area contributed by atoms with Gasteiger partial charge in [0.2, 0.25) is 11.8 Å². The molecule has 29 heavy (non-hydrogen) atoms. The van der Waals surface area contributed by atoms with Crippen molar-refractivity contribution in [3.63, 3.8) is 0 Å². The highest BCUT2D eigenvalue weighted by Gasteiger charge is 2.39. The van der Waals surface area contributed by atoms with Gasteiger partial charge in [0.25, 0.3) is 0 Å². The van der Waals surface area contributed by atoms with Crippen LogP contribution in [-0.4, -0.2) is 16.8 Å². The molecule has 4 rings (SSSR count). The third-order valence-corrected chi connectivity index (χ3v) is 5.66. The molecule has 1 aliphatic carbocycles. The number of allylic oxidation sites excluding steroid dienone is 3. The van der Waals surface area contributed by atoms with E-state index in [-0.39, 0.29) is 0 Å². The molecule has 1 atom stereocenters. The van der Waals surface area contributed by atoms with E-state index < -0.39 is 17.2 Å². The minimum atomic E-state index is -0.950. The van der Waals surface area contributed by atoms with Crippen LogP contribution in [0.25, 0.3) is 16.3 Å². The van der Waals surface area contributed by atoms with Crippen LogP contribution in [0.1, 0.15) is 34.8 Å². The lowest BCUT2D eigenvalue weighted by Gasteiger charge is -2.33. The Morgan fingerprint density at radius 3 is 2.45 bits per heavy atom. The highest BCUT2D eigenvalue weighted by molar-refractivity contribution is 5.96. The highest BCUT2D eigenvalue weighted by atomic mass is 16.1. The zero-order chi connectivity index (χ0) is 20.6.